The lowest BCUT2D eigenvalue weighted by atomic mass is 10.2. The summed E-state index contributed by atoms with van der Waals surface area (Å²) >= 11 is 0. The number of rotatable bonds is 5. The molecule has 3 aromatic rings. The van der Waals surface area contributed by atoms with Crippen LogP contribution < -0.4 is 4.72 Å². The van der Waals surface area contributed by atoms with Gasteiger partial charge in [0.2, 0.25) is 10.0 Å². The maximum Gasteiger partial charge on any atom is 0.244 e. The zero-order valence-corrected chi connectivity index (χ0v) is 12.7. The molecule has 0 aliphatic rings. The molecule has 118 valence electrons. The molecule has 0 amide bonds. The van der Waals surface area contributed by atoms with Crippen molar-refractivity contribution in [3.8, 4) is 5.82 Å². The molecule has 23 heavy (non-hydrogen) atoms. The average Bonchev–Trinajstić information content (AvgIpc) is 3.06. The van der Waals surface area contributed by atoms with Gasteiger partial charge in [0.05, 0.1) is 12.4 Å². The molecule has 1 N–H and O–H groups in total. The second-order valence-electron chi connectivity index (χ2n) is 4.72. The fourth-order valence-electron chi connectivity index (χ4n) is 1.96. The fourth-order valence-corrected chi connectivity index (χ4v) is 2.89. The van der Waals surface area contributed by atoms with Crippen LogP contribution in [0.5, 0.6) is 0 Å². The zero-order valence-electron chi connectivity index (χ0n) is 11.9. The van der Waals surface area contributed by atoms with Crippen molar-refractivity contribution < 1.29 is 12.8 Å². The van der Waals surface area contributed by atoms with Crippen molar-refractivity contribution in [1.29, 1.82) is 0 Å². The number of sulfonamides is 1. The second kappa shape index (κ2) is 6.27. The molecular weight excluding hydrogens is 319 g/mol. The topological polar surface area (TPSA) is 76.9 Å². The third-order valence-electron chi connectivity index (χ3n) is 3.16. The molecule has 0 spiro atoms. The Morgan fingerprint density at radius 1 is 1.13 bits per heavy atom. The Kier molecular flexibility index (Phi) is 4.18. The lowest BCUT2D eigenvalue weighted by Gasteiger charge is -2.05. The highest BCUT2D eigenvalue weighted by Gasteiger charge is 2.17. The monoisotopic (exact) mass is 332 g/mol. The highest BCUT2D eigenvalue weighted by molar-refractivity contribution is 7.89. The minimum atomic E-state index is -3.79. The molecule has 6 nitrogen and oxygen atoms in total. The Hall–Kier alpha value is -2.58. The van der Waals surface area contributed by atoms with E-state index >= 15 is 0 Å². The van der Waals surface area contributed by atoms with Crippen LogP contribution in [0.25, 0.3) is 5.82 Å². The summed E-state index contributed by atoms with van der Waals surface area (Å²) in [4.78, 5) is 4.07. The molecular formula is C15H13FN4O2S. The van der Waals surface area contributed by atoms with Gasteiger partial charge in [0, 0.05) is 18.3 Å². The summed E-state index contributed by atoms with van der Waals surface area (Å²) in [5.74, 6) is 0.0439. The third-order valence-corrected chi connectivity index (χ3v) is 4.52. The summed E-state index contributed by atoms with van der Waals surface area (Å²) < 4.78 is 41.8. The quantitative estimate of drug-likeness (QED) is 0.774. The van der Waals surface area contributed by atoms with Gasteiger partial charge in [-0.2, -0.15) is 5.10 Å². The molecule has 0 saturated carbocycles. The predicted molar refractivity (Wildman–Crippen MR) is 81.8 cm³/mol. The van der Waals surface area contributed by atoms with Crippen LogP contribution in [0.4, 0.5) is 4.39 Å². The number of aromatic nitrogens is 3. The molecule has 2 heterocycles. The van der Waals surface area contributed by atoms with E-state index in [9.17, 15) is 12.8 Å². The van der Waals surface area contributed by atoms with E-state index in [1.54, 1.807) is 36.5 Å². The first kappa shape index (κ1) is 15.3. The molecule has 0 saturated heterocycles. The molecule has 0 atom stereocenters. The summed E-state index contributed by atoms with van der Waals surface area (Å²) in [5.41, 5.74) is 0.271. The second-order valence-corrected chi connectivity index (χ2v) is 6.49. The number of benzene rings is 1. The van der Waals surface area contributed by atoms with Crippen LogP contribution in [0.3, 0.4) is 0 Å². The van der Waals surface area contributed by atoms with Gasteiger partial charge >= 0.3 is 0 Å². The normalized spacial score (nSPS) is 11.5. The van der Waals surface area contributed by atoms with Gasteiger partial charge in [0.15, 0.2) is 5.82 Å². The van der Waals surface area contributed by atoms with Crippen molar-refractivity contribution in [3.05, 3.63) is 72.4 Å². The van der Waals surface area contributed by atoms with Crippen LogP contribution in [0.15, 0.2) is 66.0 Å². The Morgan fingerprint density at radius 2 is 1.91 bits per heavy atom. The number of nitrogens with one attached hydrogen (secondary N) is 1. The van der Waals surface area contributed by atoms with Gasteiger partial charge in [-0.05, 0) is 18.2 Å². The first-order valence-electron chi connectivity index (χ1n) is 6.75. The summed E-state index contributed by atoms with van der Waals surface area (Å²) in [7, 11) is -3.79. The Bertz CT molecular complexity index is 910. The van der Waals surface area contributed by atoms with E-state index in [2.05, 4.69) is 14.8 Å². The van der Waals surface area contributed by atoms with Gasteiger partial charge in [-0.25, -0.2) is 27.2 Å². The van der Waals surface area contributed by atoms with E-state index in [-0.39, 0.29) is 17.0 Å². The Morgan fingerprint density at radius 3 is 2.65 bits per heavy atom. The van der Waals surface area contributed by atoms with Gasteiger partial charge < -0.3 is 0 Å². The molecule has 8 heteroatoms. The molecule has 0 radical (unpaired) electrons. The molecule has 0 fully saturated rings. The van der Waals surface area contributed by atoms with Crippen LogP contribution in [-0.4, -0.2) is 23.2 Å². The molecule has 0 aliphatic carbocycles. The SMILES string of the molecule is O=S(=O)(NCc1ccccc1F)c1cnn(-c2ccccn2)c1. The van der Waals surface area contributed by atoms with Crippen LogP contribution in [0.1, 0.15) is 5.56 Å². The van der Waals surface area contributed by atoms with E-state index < -0.39 is 15.8 Å². The zero-order chi connectivity index (χ0) is 16.3. The number of hydrogen-bond acceptors (Lipinski definition) is 4. The Balaban J connectivity index is 1.78. The minimum absolute atomic E-state index is 0.0144. The largest absolute Gasteiger partial charge is 0.244 e. The average molecular weight is 332 g/mol. The van der Waals surface area contributed by atoms with E-state index in [1.807, 2.05) is 0 Å². The molecule has 0 bridgehead atoms. The fraction of sp³-hybridized carbons (Fsp3) is 0.0667. The van der Waals surface area contributed by atoms with Crippen molar-refractivity contribution in [3.63, 3.8) is 0 Å². The van der Waals surface area contributed by atoms with E-state index in [0.717, 1.165) is 0 Å². The van der Waals surface area contributed by atoms with Crippen molar-refractivity contribution in [2.45, 2.75) is 11.4 Å². The molecule has 2 aromatic heterocycles. The smallest absolute Gasteiger partial charge is 0.237 e. The van der Waals surface area contributed by atoms with Crippen LogP contribution >= 0.6 is 0 Å². The van der Waals surface area contributed by atoms with Crippen molar-refractivity contribution >= 4 is 10.0 Å². The maximum atomic E-state index is 13.5. The van der Waals surface area contributed by atoms with Gasteiger partial charge in [-0.3, -0.25) is 0 Å². The number of pyridine rings is 1. The van der Waals surface area contributed by atoms with Crippen LogP contribution in [0, 0.1) is 5.82 Å². The third kappa shape index (κ3) is 3.43. The van der Waals surface area contributed by atoms with Gasteiger partial charge in [0.25, 0.3) is 0 Å². The first-order chi connectivity index (χ1) is 11.1. The van der Waals surface area contributed by atoms with E-state index in [0.29, 0.717) is 5.82 Å². The number of nitrogens with zero attached hydrogens (tertiary/aromatic N) is 3. The van der Waals surface area contributed by atoms with Crippen molar-refractivity contribution in [1.82, 2.24) is 19.5 Å². The minimum Gasteiger partial charge on any atom is -0.237 e. The summed E-state index contributed by atoms with van der Waals surface area (Å²) in [6.07, 6.45) is 4.16. The highest BCUT2D eigenvalue weighted by Crippen LogP contribution is 2.12. The van der Waals surface area contributed by atoms with Crippen LogP contribution in [0.2, 0.25) is 0 Å². The molecule has 3 rings (SSSR count). The van der Waals surface area contributed by atoms with Gasteiger partial charge in [-0.1, -0.05) is 24.3 Å². The van der Waals surface area contributed by atoms with Crippen molar-refractivity contribution in [2.24, 2.45) is 0 Å². The predicted octanol–water partition coefficient (Wildman–Crippen LogP) is 1.88. The standard InChI is InChI=1S/C15H13FN4O2S/c16-14-6-2-1-5-12(14)9-19-23(21,22)13-10-18-20(11-13)15-7-3-4-8-17-15/h1-8,10-11,19H,9H2. The van der Waals surface area contributed by atoms with Crippen molar-refractivity contribution in [2.75, 3.05) is 0 Å². The first-order valence-corrected chi connectivity index (χ1v) is 8.24. The lowest BCUT2D eigenvalue weighted by Crippen LogP contribution is -2.23. The molecule has 0 unspecified atom stereocenters. The highest BCUT2D eigenvalue weighted by atomic mass is 32.2. The number of halogens is 1. The van der Waals surface area contributed by atoms with Crippen LogP contribution in [-0.2, 0) is 16.6 Å². The summed E-state index contributed by atoms with van der Waals surface area (Å²) in [5, 5.41) is 3.99. The van der Waals surface area contributed by atoms with E-state index in [4.69, 9.17) is 0 Å². The molecule has 1 aromatic carbocycles. The van der Waals surface area contributed by atoms with Gasteiger partial charge in [-0.15, -0.1) is 0 Å². The van der Waals surface area contributed by atoms with E-state index in [1.165, 1.54) is 29.2 Å². The number of hydrogen-bond donors (Lipinski definition) is 1. The maximum absolute atomic E-state index is 13.5. The summed E-state index contributed by atoms with van der Waals surface area (Å²) in [6, 6.07) is 11.2. The lowest BCUT2D eigenvalue weighted by molar-refractivity contribution is 0.574. The van der Waals surface area contributed by atoms with Gasteiger partial charge in [0.1, 0.15) is 10.7 Å². The Labute approximate surface area is 132 Å². The summed E-state index contributed by atoms with van der Waals surface area (Å²) in [6.45, 7) is -0.135. The molecule has 0 aliphatic heterocycles.